The molecular weight excluding hydrogens is 243 g/mol. The molecule has 1 N–H and O–H groups in total. The highest BCUT2D eigenvalue weighted by Crippen LogP contribution is 2.12. The third-order valence-electron chi connectivity index (χ3n) is 3.36. The lowest BCUT2D eigenvalue weighted by Gasteiger charge is -2.07. The van der Waals surface area contributed by atoms with Gasteiger partial charge >= 0.3 is 0 Å². The second kappa shape index (κ2) is 5.97. The van der Waals surface area contributed by atoms with E-state index in [1.54, 1.807) is 6.07 Å². The molecule has 0 saturated heterocycles. The third kappa shape index (κ3) is 3.41. The molecule has 0 unspecified atom stereocenters. The zero-order valence-electron chi connectivity index (χ0n) is 11.6. The summed E-state index contributed by atoms with van der Waals surface area (Å²) < 4.78 is 18.1. The Balaban J connectivity index is 1.84. The van der Waals surface area contributed by atoms with Gasteiger partial charge in [0.25, 0.3) is 0 Å². The molecule has 2 aromatic rings. The van der Waals surface area contributed by atoms with Crippen molar-refractivity contribution in [2.24, 2.45) is 0 Å². The summed E-state index contributed by atoms with van der Waals surface area (Å²) in [5.74, 6) is 0.688. The van der Waals surface area contributed by atoms with Gasteiger partial charge < -0.3 is 9.84 Å². The molecule has 0 amide bonds. The van der Waals surface area contributed by atoms with Gasteiger partial charge in [-0.15, -0.1) is 0 Å². The summed E-state index contributed by atoms with van der Waals surface area (Å²) in [6.07, 6.45) is 0.884. The SMILES string of the molecule is Cc1cc(F)ccc1CCNCc1c(C)noc1C. The van der Waals surface area contributed by atoms with E-state index >= 15 is 0 Å². The summed E-state index contributed by atoms with van der Waals surface area (Å²) in [5, 5.41) is 7.29. The second-order valence-corrected chi connectivity index (χ2v) is 4.80. The molecule has 1 aromatic carbocycles. The first-order valence-corrected chi connectivity index (χ1v) is 6.45. The first-order chi connectivity index (χ1) is 9.08. The molecule has 19 heavy (non-hydrogen) atoms. The van der Waals surface area contributed by atoms with Crippen LogP contribution in [-0.2, 0) is 13.0 Å². The molecule has 0 aliphatic rings. The van der Waals surface area contributed by atoms with Crippen LogP contribution in [0.2, 0.25) is 0 Å². The topological polar surface area (TPSA) is 38.1 Å². The number of rotatable bonds is 5. The number of benzene rings is 1. The number of aryl methyl sites for hydroxylation is 3. The van der Waals surface area contributed by atoms with Crippen molar-refractivity contribution in [2.45, 2.75) is 33.7 Å². The highest BCUT2D eigenvalue weighted by atomic mass is 19.1. The molecule has 0 aliphatic heterocycles. The Labute approximate surface area is 112 Å². The van der Waals surface area contributed by atoms with Crippen LogP contribution in [0.25, 0.3) is 0 Å². The van der Waals surface area contributed by atoms with Gasteiger partial charge in [0.15, 0.2) is 0 Å². The molecule has 0 atom stereocenters. The Morgan fingerprint density at radius 1 is 1.26 bits per heavy atom. The van der Waals surface area contributed by atoms with Crippen molar-refractivity contribution in [3.05, 3.63) is 52.2 Å². The Kier molecular flexibility index (Phi) is 4.32. The predicted octanol–water partition coefficient (Wildman–Crippen LogP) is 3.07. The number of aromatic nitrogens is 1. The summed E-state index contributed by atoms with van der Waals surface area (Å²) in [4.78, 5) is 0. The number of nitrogens with zero attached hydrogens (tertiary/aromatic N) is 1. The first-order valence-electron chi connectivity index (χ1n) is 6.45. The molecular formula is C15H19FN2O. The Morgan fingerprint density at radius 2 is 2.05 bits per heavy atom. The van der Waals surface area contributed by atoms with Crippen LogP contribution in [0.15, 0.2) is 22.7 Å². The van der Waals surface area contributed by atoms with E-state index in [1.165, 1.54) is 11.6 Å². The fourth-order valence-electron chi connectivity index (χ4n) is 2.13. The van der Waals surface area contributed by atoms with E-state index < -0.39 is 0 Å². The molecule has 3 nitrogen and oxygen atoms in total. The van der Waals surface area contributed by atoms with Gasteiger partial charge in [-0.05, 0) is 57.0 Å². The zero-order chi connectivity index (χ0) is 13.8. The van der Waals surface area contributed by atoms with Crippen LogP contribution in [0, 0.1) is 26.6 Å². The maximum atomic E-state index is 13.0. The summed E-state index contributed by atoms with van der Waals surface area (Å²) >= 11 is 0. The van der Waals surface area contributed by atoms with E-state index in [9.17, 15) is 4.39 Å². The quantitative estimate of drug-likeness (QED) is 0.841. The molecule has 0 spiro atoms. The Hall–Kier alpha value is -1.68. The van der Waals surface area contributed by atoms with E-state index in [0.29, 0.717) is 0 Å². The van der Waals surface area contributed by atoms with Crippen molar-refractivity contribution in [3.63, 3.8) is 0 Å². The van der Waals surface area contributed by atoms with Crippen molar-refractivity contribution in [2.75, 3.05) is 6.54 Å². The monoisotopic (exact) mass is 262 g/mol. The van der Waals surface area contributed by atoms with Crippen LogP contribution < -0.4 is 5.32 Å². The van der Waals surface area contributed by atoms with Gasteiger partial charge in [0.2, 0.25) is 0 Å². The lowest BCUT2D eigenvalue weighted by molar-refractivity contribution is 0.392. The maximum Gasteiger partial charge on any atom is 0.138 e. The molecule has 0 aliphatic carbocycles. The minimum Gasteiger partial charge on any atom is -0.361 e. The lowest BCUT2D eigenvalue weighted by Crippen LogP contribution is -2.17. The maximum absolute atomic E-state index is 13.0. The minimum absolute atomic E-state index is 0.176. The lowest BCUT2D eigenvalue weighted by atomic mass is 10.1. The van der Waals surface area contributed by atoms with Crippen molar-refractivity contribution in [3.8, 4) is 0 Å². The van der Waals surface area contributed by atoms with Gasteiger partial charge in [0.1, 0.15) is 11.6 Å². The van der Waals surface area contributed by atoms with Gasteiger partial charge in [-0.25, -0.2) is 4.39 Å². The average Bonchev–Trinajstić information content (AvgIpc) is 2.68. The third-order valence-corrected chi connectivity index (χ3v) is 3.36. The largest absolute Gasteiger partial charge is 0.361 e. The molecule has 0 fully saturated rings. The summed E-state index contributed by atoms with van der Waals surface area (Å²) in [6, 6.07) is 4.93. The number of nitrogens with one attached hydrogen (secondary N) is 1. The molecule has 2 rings (SSSR count). The molecule has 0 radical (unpaired) electrons. The van der Waals surface area contributed by atoms with Gasteiger partial charge in [0.05, 0.1) is 5.69 Å². The van der Waals surface area contributed by atoms with Crippen molar-refractivity contribution < 1.29 is 8.91 Å². The molecule has 0 bridgehead atoms. The normalized spacial score (nSPS) is 10.9. The fourth-order valence-corrected chi connectivity index (χ4v) is 2.13. The highest BCUT2D eigenvalue weighted by molar-refractivity contribution is 5.27. The zero-order valence-corrected chi connectivity index (χ0v) is 11.6. The highest BCUT2D eigenvalue weighted by Gasteiger charge is 2.07. The second-order valence-electron chi connectivity index (χ2n) is 4.80. The molecule has 1 aromatic heterocycles. The Bertz CT molecular complexity index is 544. The van der Waals surface area contributed by atoms with Crippen LogP contribution in [0.1, 0.15) is 28.1 Å². The molecule has 102 valence electrons. The van der Waals surface area contributed by atoms with Crippen molar-refractivity contribution in [1.82, 2.24) is 10.5 Å². The smallest absolute Gasteiger partial charge is 0.138 e. The van der Waals surface area contributed by atoms with Crippen LogP contribution in [0.4, 0.5) is 4.39 Å². The van der Waals surface area contributed by atoms with Crippen LogP contribution in [0.5, 0.6) is 0 Å². The molecule has 0 saturated carbocycles. The molecule has 1 heterocycles. The van der Waals surface area contributed by atoms with E-state index in [4.69, 9.17) is 4.52 Å². The van der Waals surface area contributed by atoms with Crippen LogP contribution >= 0.6 is 0 Å². The molecule has 4 heteroatoms. The van der Waals surface area contributed by atoms with Gasteiger partial charge in [-0.3, -0.25) is 0 Å². The Morgan fingerprint density at radius 3 is 2.68 bits per heavy atom. The van der Waals surface area contributed by atoms with Crippen molar-refractivity contribution in [1.29, 1.82) is 0 Å². The standard InChI is InChI=1S/C15H19FN2O/c1-10-8-14(16)5-4-13(10)6-7-17-9-15-11(2)18-19-12(15)3/h4-5,8,17H,6-7,9H2,1-3H3. The van der Waals surface area contributed by atoms with Crippen molar-refractivity contribution >= 4 is 0 Å². The number of hydrogen-bond acceptors (Lipinski definition) is 3. The van der Waals surface area contributed by atoms with E-state index in [0.717, 1.165) is 42.1 Å². The number of hydrogen-bond donors (Lipinski definition) is 1. The first kappa shape index (κ1) is 13.7. The van der Waals surface area contributed by atoms with Gasteiger partial charge in [0, 0.05) is 12.1 Å². The average molecular weight is 262 g/mol. The summed E-state index contributed by atoms with van der Waals surface area (Å²) in [7, 11) is 0. The summed E-state index contributed by atoms with van der Waals surface area (Å²) in [5.41, 5.74) is 4.23. The van der Waals surface area contributed by atoms with Gasteiger partial charge in [-0.2, -0.15) is 0 Å². The van der Waals surface area contributed by atoms with Crippen LogP contribution in [0.3, 0.4) is 0 Å². The van der Waals surface area contributed by atoms with Crippen LogP contribution in [-0.4, -0.2) is 11.7 Å². The van der Waals surface area contributed by atoms with E-state index in [1.807, 2.05) is 26.8 Å². The van der Waals surface area contributed by atoms with E-state index in [-0.39, 0.29) is 5.82 Å². The van der Waals surface area contributed by atoms with Gasteiger partial charge in [-0.1, -0.05) is 11.2 Å². The van der Waals surface area contributed by atoms with E-state index in [2.05, 4.69) is 10.5 Å². The summed E-state index contributed by atoms with van der Waals surface area (Å²) in [6.45, 7) is 7.39. The minimum atomic E-state index is -0.176. The predicted molar refractivity (Wildman–Crippen MR) is 72.5 cm³/mol. The number of halogens is 1. The fraction of sp³-hybridized carbons (Fsp3) is 0.400.